The van der Waals surface area contributed by atoms with Gasteiger partial charge in [-0.05, 0) is 19.3 Å². The van der Waals surface area contributed by atoms with Gasteiger partial charge in [0, 0.05) is 12.6 Å². The van der Waals surface area contributed by atoms with E-state index in [1.54, 1.807) is 0 Å². The van der Waals surface area contributed by atoms with Crippen LogP contribution in [0.1, 0.15) is 32.1 Å². The van der Waals surface area contributed by atoms with Crippen LogP contribution in [0.25, 0.3) is 0 Å². The molecule has 0 saturated heterocycles. The maximum Gasteiger partial charge on any atom is 0.391 e. The SMILES string of the molecule is O=C(O)CCNC(=O)NC1CCCC(C(F)(F)F)C1. The molecule has 1 aliphatic carbocycles. The molecular weight excluding hydrogens is 265 g/mol. The fourth-order valence-corrected chi connectivity index (χ4v) is 2.14. The third-order valence-electron chi connectivity index (χ3n) is 3.10. The fraction of sp³-hybridized carbons (Fsp3) is 0.818. The number of halogens is 3. The van der Waals surface area contributed by atoms with Crippen LogP contribution in [0.5, 0.6) is 0 Å². The molecule has 1 fully saturated rings. The van der Waals surface area contributed by atoms with Crippen molar-refractivity contribution in [1.29, 1.82) is 0 Å². The van der Waals surface area contributed by atoms with Crippen LogP contribution in [0.15, 0.2) is 0 Å². The summed E-state index contributed by atoms with van der Waals surface area (Å²) >= 11 is 0. The zero-order chi connectivity index (χ0) is 14.5. The Bertz CT molecular complexity index is 334. The maximum absolute atomic E-state index is 12.5. The zero-order valence-electron chi connectivity index (χ0n) is 10.3. The lowest BCUT2D eigenvalue weighted by molar-refractivity contribution is -0.183. The van der Waals surface area contributed by atoms with Gasteiger partial charge in [-0.3, -0.25) is 4.79 Å². The molecular formula is C11H17F3N2O3. The van der Waals surface area contributed by atoms with Gasteiger partial charge in [0.25, 0.3) is 0 Å². The maximum atomic E-state index is 12.5. The van der Waals surface area contributed by atoms with Crippen molar-refractivity contribution in [2.45, 2.75) is 44.3 Å². The van der Waals surface area contributed by atoms with Crippen LogP contribution in [0.3, 0.4) is 0 Å². The van der Waals surface area contributed by atoms with E-state index in [1.165, 1.54) is 0 Å². The second kappa shape index (κ2) is 6.63. The zero-order valence-corrected chi connectivity index (χ0v) is 10.3. The average molecular weight is 282 g/mol. The Morgan fingerprint density at radius 1 is 1.26 bits per heavy atom. The Labute approximate surface area is 108 Å². The van der Waals surface area contributed by atoms with Crippen molar-refractivity contribution >= 4 is 12.0 Å². The Morgan fingerprint density at radius 2 is 1.95 bits per heavy atom. The van der Waals surface area contributed by atoms with E-state index in [4.69, 9.17) is 5.11 Å². The van der Waals surface area contributed by atoms with Crippen molar-refractivity contribution < 1.29 is 27.9 Å². The second-order valence-corrected chi connectivity index (χ2v) is 4.65. The number of rotatable bonds is 4. The Hall–Kier alpha value is -1.47. The minimum atomic E-state index is -4.22. The number of hydrogen-bond acceptors (Lipinski definition) is 2. The van der Waals surface area contributed by atoms with Gasteiger partial charge in [0.2, 0.25) is 0 Å². The Balaban J connectivity index is 2.32. The highest BCUT2D eigenvalue weighted by Gasteiger charge is 2.42. The van der Waals surface area contributed by atoms with E-state index in [1.807, 2.05) is 0 Å². The molecule has 0 spiro atoms. The molecule has 1 aliphatic rings. The van der Waals surface area contributed by atoms with Gasteiger partial charge in [0.05, 0.1) is 12.3 Å². The predicted molar refractivity (Wildman–Crippen MR) is 60.6 cm³/mol. The van der Waals surface area contributed by atoms with Gasteiger partial charge in [-0.2, -0.15) is 13.2 Å². The number of aliphatic carboxylic acids is 1. The van der Waals surface area contributed by atoms with Crippen LogP contribution in [0, 0.1) is 5.92 Å². The number of nitrogens with one attached hydrogen (secondary N) is 2. The molecule has 1 saturated carbocycles. The molecule has 0 aromatic heterocycles. The molecule has 2 unspecified atom stereocenters. The first-order valence-electron chi connectivity index (χ1n) is 6.12. The van der Waals surface area contributed by atoms with Crippen LogP contribution in [0.2, 0.25) is 0 Å². The van der Waals surface area contributed by atoms with Crippen molar-refractivity contribution in [1.82, 2.24) is 10.6 Å². The first-order chi connectivity index (χ1) is 8.79. The van der Waals surface area contributed by atoms with Crippen LogP contribution in [-0.2, 0) is 4.79 Å². The molecule has 8 heteroatoms. The minimum Gasteiger partial charge on any atom is -0.481 e. The lowest BCUT2D eigenvalue weighted by Crippen LogP contribution is -2.46. The molecule has 2 atom stereocenters. The van der Waals surface area contributed by atoms with E-state index in [0.717, 1.165) is 0 Å². The summed E-state index contributed by atoms with van der Waals surface area (Å²) in [5.41, 5.74) is 0. The highest BCUT2D eigenvalue weighted by Crippen LogP contribution is 2.37. The molecule has 0 aliphatic heterocycles. The van der Waals surface area contributed by atoms with Crippen molar-refractivity contribution in [2.75, 3.05) is 6.54 Å². The van der Waals surface area contributed by atoms with Crippen molar-refractivity contribution in [3.05, 3.63) is 0 Å². The molecule has 3 N–H and O–H groups in total. The van der Waals surface area contributed by atoms with Gasteiger partial charge in [-0.15, -0.1) is 0 Å². The van der Waals surface area contributed by atoms with Gasteiger partial charge in [0.1, 0.15) is 0 Å². The minimum absolute atomic E-state index is 0.0451. The molecule has 0 aromatic rings. The third kappa shape index (κ3) is 5.80. The molecule has 19 heavy (non-hydrogen) atoms. The van der Waals surface area contributed by atoms with Crippen LogP contribution in [-0.4, -0.2) is 35.9 Å². The molecule has 1 rings (SSSR count). The number of carbonyl (C=O) groups is 2. The number of carbonyl (C=O) groups excluding carboxylic acids is 1. The number of hydrogen-bond donors (Lipinski definition) is 3. The summed E-state index contributed by atoms with van der Waals surface area (Å²) in [6.45, 7) is -0.0451. The lowest BCUT2D eigenvalue weighted by atomic mass is 9.85. The van der Waals surface area contributed by atoms with E-state index < -0.39 is 30.1 Å². The monoisotopic (exact) mass is 282 g/mol. The number of carboxylic acids is 1. The summed E-state index contributed by atoms with van der Waals surface area (Å²) in [6.07, 6.45) is -3.52. The Kier molecular flexibility index (Phi) is 5.44. The normalized spacial score (nSPS) is 23.7. The topological polar surface area (TPSA) is 78.4 Å². The van der Waals surface area contributed by atoms with Gasteiger partial charge < -0.3 is 15.7 Å². The van der Waals surface area contributed by atoms with Gasteiger partial charge >= 0.3 is 18.2 Å². The highest BCUT2D eigenvalue weighted by atomic mass is 19.4. The first kappa shape index (κ1) is 15.6. The molecule has 0 radical (unpaired) electrons. The molecule has 5 nitrogen and oxygen atoms in total. The largest absolute Gasteiger partial charge is 0.481 e. The average Bonchev–Trinajstić information content (AvgIpc) is 2.27. The van der Waals surface area contributed by atoms with Crippen LogP contribution < -0.4 is 10.6 Å². The summed E-state index contributed by atoms with van der Waals surface area (Å²) in [4.78, 5) is 21.6. The third-order valence-corrected chi connectivity index (χ3v) is 3.10. The standard InChI is InChI=1S/C11H17F3N2O3/c12-11(13,14)7-2-1-3-8(6-7)16-10(19)15-5-4-9(17)18/h7-8H,1-6H2,(H,17,18)(H2,15,16,19). The fourth-order valence-electron chi connectivity index (χ4n) is 2.14. The summed E-state index contributed by atoms with van der Waals surface area (Å²) in [7, 11) is 0. The van der Waals surface area contributed by atoms with E-state index in [-0.39, 0.29) is 25.8 Å². The second-order valence-electron chi connectivity index (χ2n) is 4.65. The number of urea groups is 1. The summed E-state index contributed by atoms with van der Waals surface area (Å²) in [5, 5.41) is 13.1. The lowest BCUT2D eigenvalue weighted by Gasteiger charge is -2.30. The molecule has 0 heterocycles. The van der Waals surface area contributed by atoms with Gasteiger partial charge in [-0.1, -0.05) is 6.42 Å². The molecule has 0 bridgehead atoms. The number of carboxylic acid groups (broad SMARTS) is 1. The van der Waals surface area contributed by atoms with Crippen molar-refractivity contribution in [2.24, 2.45) is 5.92 Å². The van der Waals surface area contributed by atoms with E-state index in [2.05, 4.69) is 10.6 Å². The van der Waals surface area contributed by atoms with E-state index in [9.17, 15) is 22.8 Å². The predicted octanol–water partition coefficient (Wildman–Crippen LogP) is 1.88. The van der Waals surface area contributed by atoms with E-state index in [0.29, 0.717) is 12.8 Å². The number of alkyl halides is 3. The Morgan fingerprint density at radius 3 is 2.53 bits per heavy atom. The van der Waals surface area contributed by atoms with Crippen molar-refractivity contribution in [3.8, 4) is 0 Å². The van der Waals surface area contributed by atoms with Crippen LogP contribution >= 0.6 is 0 Å². The molecule has 2 amide bonds. The molecule has 110 valence electrons. The van der Waals surface area contributed by atoms with Crippen molar-refractivity contribution in [3.63, 3.8) is 0 Å². The summed E-state index contributed by atoms with van der Waals surface area (Å²) < 4.78 is 37.6. The summed E-state index contributed by atoms with van der Waals surface area (Å²) in [5.74, 6) is -2.42. The molecule has 0 aromatic carbocycles. The smallest absolute Gasteiger partial charge is 0.391 e. The van der Waals surface area contributed by atoms with Gasteiger partial charge in [0.15, 0.2) is 0 Å². The van der Waals surface area contributed by atoms with Gasteiger partial charge in [-0.25, -0.2) is 4.79 Å². The van der Waals surface area contributed by atoms with E-state index >= 15 is 0 Å². The summed E-state index contributed by atoms with van der Waals surface area (Å²) in [6, 6.07) is -1.13. The quantitative estimate of drug-likeness (QED) is 0.736. The van der Waals surface area contributed by atoms with Crippen LogP contribution in [0.4, 0.5) is 18.0 Å². The first-order valence-corrected chi connectivity index (χ1v) is 6.12. The number of amides is 2. The highest BCUT2D eigenvalue weighted by molar-refractivity contribution is 5.75.